The van der Waals surface area contributed by atoms with E-state index >= 15 is 0 Å². The van der Waals surface area contributed by atoms with Gasteiger partial charge in [-0.15, -0.1) is 11.8 Å². The molecular weight excluding hydrogens is 220 g/mol. The fraction of sp³-hybridized carbons (Fsp3) is 0.273. The molecule has 0 aliphatic heterocycles. The van der Waals surface area contributed by atoms with Crippen LogP contribution in [0.4, 0.5) is 5.82 Å². The molecule has 4 nitrogen and oxygen atoms in total. The second kappa shape index (κ2) is 4.57. The van der Waals surface area contributed by atoms with Gasteiger partial charge in [0, 0.05) is 19.0 Å². The van der Waals surface area contributed by atoms with E-state index in [9.17, 15) is 0 Å². The van der Waals surface area contributed by atoms with Crippen molar-refractivity contribution in [3.8, 4) is 0 Å². The van der Waals surface area contributed by atoms with Gasteiger partial charge in [-0.1, -0.05) is 6.07 Å². The Bertz CT molecular complexity index is 475. The lowest BCUT2D eigenvalue weighted by molar-refractivity contribution is 0.692. The van der Waals surface area contributed by atoms with Crippen LogP contribution in [-0.4, -0.2) is 14.8 Å². The van der Waals surface area contributed by atoms with E-state index in [2.05, 4.69) is 16.1 Å². The number of nitrogens with zero attached hydrogens (tertiary/aromatic N) is 3. The summed E-state index contributed by atoms with van der Waals surface area (Å²) in [7, 11) is 1.95. The van der Waals surface area contributed by atoms with Gasteiger partial charge in [0.1, 0.15) is 5.82 Å². The predicted octanol–water partition coefficient (Wildman–Crippen LogP) is 2.00. The van der Waals surface area contributed by atoms with Crippen molar-refractivity contribution < 1.29 is 0 Å². The molecule has 5 heteroatoms. The highest BCUT2D eigenvalue weighted by atomic mass is 32.2. The number of anilines is 1. The Balaban J connectivity index is 2.02. The van der Waals surface area contributed by atoms with Gasteiger partial charge in [0.15, 0.2) is 0 Å². The topological polar surface area (TPSA) is 56.7 Å². The highest BCUT2D eigenvalue weighted by molar-refractivity contribution is 7.98. The molecule has 2 heterocycles. The predicted molar refractivity (Wildman–Crippen MR) is 66.2 cm³/mol. The van der Waals surface area contributed by atoms with Gasteiger partial charge in [0.2, 0.25) is 0 Å². The van der Waals surface area contributed by atoms with Crippen molar-refractivity contribution in [2.45, 2.75) is 17.7 Å². The molecule has 0 bridgehead atoms. The normalized spacial score (nSPS) is 10.6. The van der Waals surface area contributed by atoms with Crippen LogP contribution in [0.15, 0.2) is 29.4 Å². The minimum absolute atomic E-state index is 0.560. The molecule has 0 saturated heterocycles. The molecule has 0 fully saturated rings. The molecule has 0 aliphatic carbocycles. The second-order valence-electron chi connectivity index (χ2n) is 3.63. The number of aryl methyl sites for hydroxylation is 2. The average molecular weight is 234 g/mol. The van der Waals surface area contributed by atoms with E-state index in [-0.39, 0.29) is 0 Å². The maximum atomic E-state index is 5.53. The Labute approximate surface area is 98.9 Å². The van der Waals surface area contributed by atoms with Crippen LogP contribution in [0.2, 0.25) is 0 Å². The molecule has 2 aromatic rings. The van der Waals surface area contributed by atoms with E-state index in [0.717, 1.165) is 22.0 Å². The molecule has 0 saturated carbocycles. The minimum Gasteiger partial charge on any atom is -0.384 e. The lowest BCUT2D eigenvalue weighted by Crippen LogP contribution is -1.93. The van der Waals surface area contributed by atoms with Crippen LogP contribution in [0.5, 0.6) is 0 Å². The van der Waals surface area contributed by atoms with Crippen LogP contribution >= 0.6 is 11.8 Å². The van der Waals surface area contributed by atoms with Gasteiger partial charge in [0.05, 0.1) is 10.7 Å². The van der Waals surface area contributed by atoms with Crippen molar-refractivity contribution >= 4 is 17.6 Å². The van der Waals surface area contributed by atoms with Crippen molar-refractivity contribution in [3.63, 3.8) is 0 Å². The van der Waals surface area contributed by atoms with E-state index in [1.165, 1.54) is 0 Å². The molecule has 0 amide bonds. The standard InChI is InChI=1S/C11H14N4S/c1-8-5-11(15(2)14-8)16-7-9-3-4-10(12)13-6-9/h3-6H,7H2,1-2H3,(H2,12,13). The maximum Gasteiger partial charge on any atom is 0.123 e. The summed E-state index contributed by atoms with van der Waals surface area (Å²) in [4.78, 5) is 4.06. The number of nitrogen functional groups attached to an aromatic ring is 1. The zero-order chi connectivity index (χ0) is 11.5. The summed E-state index contributed by atoms with van der Waals surface area (Å²) in [6, 6.07) is 5.90. The van der Waals surface area contributed by atoms with E-state index < -0.39 is 0 Å². The van der Waals surface area contributed by atoms with Gasteiger partial charge in [-0.25, -0.2) is 4.98 Å². The third-order valence-electron chi connectivity index (χ3n) is 2.19. The fourth-order valence-corrected chi connectivity index (χ4v) is 2.37. The molecule has 0 aliphatic rings. The third kappa shape index (κ3) is 2.55. The smallest absolute Gasteiger partial charge is 0.123 e. The number of aromatic nitrogens is 3. The Morgan fingerprint density at radius 3 is 2.81 bits per heavy atom. The van der Waals surface area contributed by atoms with Crippen molar-refractivity contribution in [1.29, 1.82) is 0 Å². The number of rotatable bonds is 3. The SMILES string of the molecule is Cc1cc(SCc2ccc(N)nc2)n(C)n1. The van der Waals surface area contributed by atoms with E-state index in [1.54, 1.807) is 11.8 Å². The zero-order valence-electron chi connectivity index (χ0n) is 9.34. The van der Waals surface area contributed by atoms with Gasteiger partial charge in [0.25, 0.3) is 0 Å². The van der Waals surface area contributed by atoms with E-state index in [4.69, 9.17) is 5.73 Å². The zero-order valence-corrected chi connectivity index (χ0v) is 10.2. The minimum atomic E-state index is 0.560. The van der Waals surface area contributed by atoms with E-state index in [0.29, 0.717) is 5.82 Å². The van der Waals surface area contributed by atoms with Gasteiger partial charge in [-0.05, 0) is 24.6 Å². The quantitative estimate of drug-likeness (QED) is 0.825. The molecule has 0 atom stereocenters. The maximum absolute atomic E-state index is 5.53. The van der Waals surface area contributed by atoms with Gasteiger partial charge < -0.3 is 5.73 Å². The second-order valence-corrected chi connectivity index (χ2v) is 4.62. The van der Waals surface area contributed by atoms with Crippen LogP contribution in [0.25, 0.3) is 0 Å². The largest absolute Gasteiger partial charge is 0.384 e. The van der Waals surface area contributed by atoms with Crippen LogP contribution in [-0.2, 0) is 12.8 Å². The first-order valence-electron chi connectivity index (χ1n) is 4.99. The molecule has 84 valence electrons. The van der Waals surface area contributed by atoms with Crippen molar-refractivity contribution in [2.75, 3.05) is 5.73 Å². The summed E-state index contributed by atoms with van der Waals surface area (Å²) >= 11 is 1.75. The average Bonchev–Trinajstić information content (AvgIpc) is 2.57. The summed E-state index contributed by atoms with van der Waals surface area (Å²) in [5.74, 6) is 1.44. The Kier molecular flexibility index (Phi) is 3.14. The molecule has 2 aromatic heterocycles. The summed E-state index contributed by atoms with van der Waals surface area (Å²) in [6.07, 6.45) is 1.81. The van der Waals surface area contributed by atoms with Gasteiger partial charge >= 0.3 is 0 Å². The number of hydrogen-bond acceptors (Lipinski definition) is 4. The number of nitrogens with two attached hydrogens (primary N) is 1. The first-order valence-corrected chi connectivity index (χ1v) is 5.97. The van der Waals surface area contributed by atoms with Gasteiger partial charge in [-0.2, -0.15) is 5.10 Å². The van der Waals surface area contributed by atoms with Crippen LogP contribution in [0.3, 0.4) is 0 Å². The Hall–Kier alpha value is -1.49. The van der Waals surface area contributed by atoms with Crippen molar-refractivity contribution in [3.05, 3.63) is 35.7 Å². The molecule has 16 heavy (non-hydrogen) atoms. The number of pyridine rings is 1. The lowest BCUT2D eigenvalue weighted by Gasteiger charge is -2.02. The number of thioether (sulfide) groups is 1. The fourth-order valence-electron chi connectivity index (χ4n) is 1.40. The van der Waals surface area contributed by atoms with Crippen LogP contribution in [0, 0.1) is 6.92 Å². The molecule has 0 radical (unpaired) electrons. The molecule has 2 rings (SSSR count). The lowest BCUT2D eigenvalue weighted by atomic mass is 10.3. The van der Waals surface area contributed by atoms with Crippen LogP contribution < -0.4 is 5.73 Å². The summed E-state index contributed by atoms with van der Waals surface area (Å²) < 4.78 is 1.89. The van der Waals surface area contributed by atoms with Gasteiger partial charge in [-0.3, -0.25) is 4.68 Å². The first-order chi connectivity index (χ1) is 7.65. The Morgan fingerprint density at radius 1 is 1.44 bits per heavy atom. The highest BCUT2D eigenvalue weighted by Crippen LogP contribution is 2.22. The molecular formula is C11H14N4S. The third-order valence-corrected chi connectivity index (χ3v) is 3.35. The summed E-state index contributed by atoms with van der Waals surface area (Å²) in [5.41, 5.74) is 7.74. The highest BCUT2D eigenvalue weighted by Gasteiger charge is 2.03. The molecule has 0 aromatic carbocycles. The summed E-state index contributed by atoms with van der Waals surface area (Å²) in [5, 5.41) is 5.46. The van der Waals surface area contributed by atoms with E-state index in [1.807, 2.05) is 37.0 Å². The van der Waals surface area contributed by atoms with Crippen molar-refractivity contribution in [2.24, 2.45) is 7.05 Å². The number of hydrogen-bond donors (Lipinski definition) is 1. The van der Waals surface area contributed by atoms with Crippen molar-refractivity contribution in [1.82, 2.24) is 14.8 Å². The Morgan fingerprint density at radius 2 is 2.25 bits per heavy atom. The summed E-state index contributed by atoms with van der Waals surface area (Å²) in [6.45, 7) is 1.99. The monoisotopic (exact) mass is 234 g/mol. The molecule has 2 N–H and O–H groups in total. The molecule has 0 unspecified atom stereocenters. The first kappa shape index (κ1) is 11.0. The van der Waals surface area contributed by atoms with Crippen LogP contribution in [0.1, 0.15) is 11.3 Å². The molecule has 0 spiro atoms.